The number of carbonyl (C=O) groups excluding carboxylic acids is 1. The highest BCUT2D eigenvalue weighted by Gasteiger charge is 2.55. The van der Waals surface area contributed by atoms with Gasteiger partial charge in [-0.3, -0.25) is 14.7 Å². The smallest absolute Gasteiger partial charge is 0.245 e. The number of carbonyl (C=O) groups is 1. The number of hydrogen-bond acceptors (Lipinski definition) is 3. The van der Waals surface area contributed by atoms with Crippen LogP contribution in [0.1, 0.15) is 36.4 Å². The second-order valence-corrected chi connectivity index (χ2v) is 8.59. The molecule has 1 atom stereocenters. The zero-order valence-electron chi connectivity index (χ0n) is 16.4. The first-order valence-corrected chi connectivity index (χ1v) is 10.3. The summed E-state index contributed by atoms with van der Waals surface area (Å²) in [6, 6.07) is 13.7. The van der Waals surface area contributed by atoms with Gasteiger partial charge in [0, 0.05) is 25.7 Å². The number of likely N-dealkylation sites (tertiary alicyclic amines) is 1. The maximum Gasteiger partial charge on any atom is 0.245 e. The molecule has 1 amide bonds. The van der Waals surface area contributed by atoms with E-state index in [1.54, 1.807) is 5.01 Å². The van der Waals surface area contributed by atoms with Gasteiger partial charge < -0.3 is 0 Å². The van der Waals surface area contributed by atoms with Crippen molar-refractivity contribution in [3.63, 3.8) is 0 Å². The molecule has 3 heterocycles. The van der Waals surface area contributed by atoms with E-state index in [2.05, 4.69) is 34.2 Å². The van der Waals surface area contributed by atoms with Crippen LogP contribution >= 0.6 is 0 Å². The fourth-order valence-electron chi connectivity index (χ4n) is 5.21. The number of amides is 1. The van der Waals surface area contributed by atoms with E-state index in [1.165, 1.54) is 17.7 Å². The topological polar surface area (TPSA) is 26.8 Å². The second-order valence-electron chi connectivity index (χ2n) is 8.59. The Morgan fingerprint density at radius 3 is 2.34 bits per heavy atom. The van der Waals surface area contributed by atoms with Crippen LogP contribution in [-0.2, 0) is 11.3 Å². The van der Waals surface area contributed by atoms with E-state index < -0.39 is 11.6 Å². The van der Waals surface area contributed by atoms with Gasteiger partial charge in [0.1, 0.15) is 11.6 Å². The Kier molecular flexibility index (Phi) is 4.63. The summed E-state index contributed by atoms with van der Waals surface area (Å²) >= 11 is 0. The van der Waals surface area contributed by atoms with Gasteiger partial charge in [0.25, 0.3) is 0 Å². The van der Waals surface area contributed by atoms with Crippen molar-refractivity contribution >= 4 is 5.91 Å². The van der Waals surface area contributed by atoms with Crippen LogP contribution in [0, 0.1) is 17.0 Å². The fraction of sp³-hybridized carbons (Fsp3) is 0.435. The Bertz CT molecular complexity index is 891. The van der Waals surface area contributed by atoms with Crippen LogP contribution in [-0.4, -0.2) is 47.0 Å². The van der Waals surface area contributed by atoms with Crippen LogP contribution < -0.4 is 0 Å². The third-order valence-corrected chi connectivity index (χ3v) is 6.74. The Labute approximate surface area is 169 Å². The van der Waals surface area contributed by atoms with E-state index in [4.69, 9.17) is 0 Å². The van der Waals surface area contributed by atoms with Crippen LogP contribution in [0.15, 0.2) is 48.5 Å². The van der Waals surface area contributed by atoms with Gasteiger partial charge in [-0.05, 0) is 55.6 Å². The Morgan fingerprint density at radius 2 is 1.66 bits per heavy atom. The standard InChI is InChI=1S/C23H25F2N3O/c24-19-12-18(13-20(25)14-19)21-6-9-27-16-23(22(29)28(21)27)7-10-26(11-8-23)15-17-4-2-1-3-5-17/h1-5,12-14,21H,6-11,15-16H2/t21-/m1/s1. The van der Waals surface area contributed by atoms with E-state index in [1.807, 2.05) is 6.07 Å². The molecule has 0 aromatic heterocycles. The summed E-state index contributed by atoms with van der Waals surface area (Å²) in [5, 5.41) is 3.89. The molecule has 0 unspecified atom stereocenters. The lowest BCUT2D eigenvalue weighted by atomic mass is 9.77. The van der Waals surface area contributed by atoms with Crippen molar-refractivity contribution in [1.29, 1.82) is 0 Å². The van der Waals surface area contributed by atoms with Crippen molar-refractivity contribution < 1.29 is 13.6 Å². The van der Waals surface area contributed by atoms with Gasteiger partial charge in [0.2, 0.25) is 5.91 Å². The Morgan fingerprint density at radius 1 is 0.966 bits per heavy atom. The van der Waals surface area contributed by atoms with E-state index >= 15 is 0 Å². The van der Waals surface area contributed by atoms with Crippen LogP contribution in [0.3, 0.4) is 0 Å². The number of piperidine rings is 1. The van der Waals surface area contributed by atoms with Gasteiger partial charge >= 0.3 is 0 Å². The van der Waals surface area contributed by atoms with Crippen LogP contribution in [0.4, 0.5) is 8.78 Å². The quantitative estimate of drug-likeness (QED) is 0.789. The molecule has 1 spiro atoms. The molecule has 2 aromatic carbocycles. The lowest BCUT2D eigenvalue weighted by Crippen LogP contribution is -2.45. The SMILES string of the molecule is O=C1N2[C@@H](c3cc(F)cc(F)c3)CCN2CC12CCN(Cc1ccccc1)CC2. The Balaban J connectivity index is 1.30. The maximum absolute atomic E-state index is 13.7. The summed E-state index contributed by atoms with van der Waals surface area (Å²) in [7, 11) is 0. The summed E-state index contributed by atoms with van der Waals surface area (Å²) in [4.78, 5) is 15.9. The lowest BCUT2D eigenvalue weighted by molar-refractivity contribution is -0.144. The number of benzene rings is 2. The highest BCUT2D eigenvalue weighted by atomic mass is 19.1. The predicted molar refractivity (Wildman–Crippen MR) is 106 cm³/mol. The van der Waals surface area contributed by atoms with Crippen molar-refractivity contribution in [1.82, 2.24) is 14.9 Å². The van der Waals surface area contributed by atoms with Gasteiger partial charge in [-0.25, -0.2) is 13.8 Å². The molecule has 2 aromatic rings. The molecule has 3 fully saturated rings. The van der Waals surface area contributed by atoms with Crippen LogP contribution in [0.5, 0.6) is 0 Å². The number of halogens is 2. The monoisotopic (exact) mass is 397 g/mol. The number of rotatable bonds is 3. The average molecular weight is 397 g/mol. The fourth-order valence-corrected chi connectivity index (χ4v) is 5.21. The second kappa shape index (κ2) is 7.18. The molecule has 3 aliphatic rings. The first kappa shape index (κ1) is 18.7. The van der Waals surface area contributed by atoms with Gasteiger partial charge in [-0.1, -0.05) is 30.3 Å². The van der Waals surface area contributed by atoms with Crippen molar-refractivity contribution in [2.75, 3.05) is 26.2 Å². The Hall–Kier alpha value is -2.31. The van der Waals surface area contributed by atoms with Crippen LogP contribution in [0.2, 0.25) is 0 Å². The zero-order valence-corrected chi connectivity index (χ0v) is 16.4. The number of hydrogen-bond donors (Lipinski definition) is 0. The van der Waals surface area contributed by atoms with Crippen molar-refractivity contribution in [3.8, 4) is 0 Å². The summed E-state index contributed by atoms with van der Waals surface area (Å²) < 4.78 is 27.5. The molecule has 5 rings (SSSR count). The molecule has 29 heavy (non-hydrogen) atoms. The molecule has 3 aliphatic heterocycles. The minimum absolute atomic E-state index is 0.129. The average Bonchev–Trinajstić information content (AvgIpc) is 3.22. The number of fused-ring (bicyclic) bond motifs is 1. The molecule has 3 saturated heterocycles. The molecule has 0 saturated carbocycles. The molecular weight excluding hydrogens is 372 g/mol. The molecular formula is C23H25F2N3O. The highest BCUT2D eigenvalue weighted by Crippen LogP contribution is 2.47. The van der Waals surface area contributed by atoms with E-state index in [9.17, 15) is 13.6 Å². The first-order valence-electron chi connectivity index (χ1n) is 10.3. The summed E-state index contributed by atoms with van der Waals surface area (Å²) in [6.45, 7) is 4.16. The minimum atomic E-state index is -0.589. The van der Waals surface area contributed by atoms with E-state index in [0.29, 0.717) is 12.0 Å². The molecule has 6 heteroatoms. The molecule has 152 valence electrons. The van der Waals surface area contributed by atoms with E-state index in [0.717, 1.165) is 51.6 Å². The highest BCUT2D eigenvalue weighted by molar-refractivity contribution is 5.85. The number of nitrogens with zero attached hydrogens (tertiary/aromatic N) is 3. The molecule has 0 aliphatic carbocycles. The molecule has 0 N–H and O–H groups in total. The minimum Gasteiger partial charge on any atom is -0.299 e. The number of hydrazine groups is 1. The lowest BCUT2D eigenvalue weighted by Gasteiger charge is -2.38. The maximum atomic E-state index is 13.7. The third kappa shape index (κ3) is 3.34. The van der Waals surface area contributed by atoms with Crippen LogP contribution in [0.25, 0.3) is 0 Å². The largest absolute Gasteiger partial charge is 0.299 e. The van der Waals surface area contributed by atoms with Crippen molar-refractivity contribution in [2.45, 2.75) is 31.8 Å². The van der Waals surface area contributed by atoms with Gasteiger partial charge in [-0.2, -0.15) is 0 Å². The van der Waals surface area contributed by atoms with Crippen molar-refractivity contribution in [2.24, 2.45) is 5.41 Å². The molecule has 0 radical (unpaired) electrons. The molecule has 4 nitrogen and oxygen atoms in total. The third-order valence-electron chi connectivity index (χ3n) is 6.74. The summed E-state index contributed by atoms with van der Waals surface area (Å²) in [6.07, 6.45) is 2.37. The van der Waals surface area contributed by atoms with Gasteiger partial charge in [0.15, 0.2) is 0 Å². The summed E-state index contributed by atoms with van der Waals surface area (Å²) in [5.41, 5.74) is 1.48. The molecule has 0 bridgehead atoms. The van der Waals surface area contributed by atoms with Gasteiger partial charge in [-0.15, -0.1) is 0 Å². The first-order chi connectivity index (χ1) is 14.0. The van der Waals surface area contributed by atoms with Crippen molar-refractivity contribution in [3.05, 3.63) is 71.3 Å². The summed E-state index contributed by atoms with van der Waals surface area (Å²) in [5.74, 6) is -1.05. The predicted octanol–water partition coefficient (Wildman–Crippen LogP) is 3.75. The van der Waals surface area contributed by atoms with E-state index in [-0.39, 0.29) is 17.4 Å². The normalized spacial score (nSPS) is 24.4. The van der Waals surface area contributed by atoms with Gasteiger partial charge in [0.05, 0.1) is 11.5 Å². The zero-order chi connectivity index (χ0) is 20.0.